The number of halogens is 1. The third kappa shape index (κ3) is 3.08. The van der Waals surface area contributed by atoms with Gasteiger partial charge in [0.1, 0.15) is 5.84 Å². The maximum absolute atomic E-state index is 13.5. The maximum Gasteiger partial charge on any atom is 0.327 e. The van der Waals surface area contributed by atoms with Crippen molar-refractivity contribution < 1.29 is 13.9 Å². The van der Waals surface area contributed by atoms with Crippen molar-refractivity contribution >= 4 is 17.6 Å². The summed E-state index contributed by atoms with van der Waals surface area (Å²) in [7, 11) is 1.37. The van der Waals surface area contributed by atoms with E-state index in [0.29, 0.717) is 18.5 Å². The van der Waals surface area contributed by atoms with Crippen molar-refractivity contribution in [2.75, 3.05) is 12.4 Å². The fraction of sp³-hybridized carbons (Fsp3) is 0.222. The smallest absolute Gasteiger partial charge is 0.327 e. The average molecular weight is 327 g/mol. The van der Waals surface area contributed by atoms with Crippen LogP contribution in [0, 0.1) is 11.2 Å². The second-order valence-electron chi connectivity index (χ2n) is 5.56. The number of ether oxygens (including phenoxy) is 1. The predicted molar refractivity (Wildman–Crippen MR) is 90.0 cm³/mol. The highest BCUT2D eigenvalue weighted by atomic mass is 19.1. The molecule has 6 heteroatoms. The molecule has 0 bridgehead atoms. The molecule has 0 radical (unpaired) electrons. The molecule has 2 aromatic rings. The van der Waals surface area contributed by atoms with Crippen LogP contribution in [0.25, 0.3) is 0 Å². The number of urea groups is 1. The van der Waals surface area contributed by atoms with Gasteiger partial charge in [-0.05, 0) is 24.1 Å². The third-order valence-corrected chi connectivity index (χ3v) is 4.06. The van der Waals surface area contributed by atoms with Crippen LogP contribution in [0.1, 0.15) is 24.4 Å². The molecule has 1 fully saturated rings. The van der Waals surface area contributed by atoms with Gasteiger partial charge in [0.2, 0.25) is 0 Å². The number of amidine groups is 1. The molecule has 2 amide bonds. The Morgan fingerprint density at radius 2 is 2.04 bits per heavy atom. The molecular weight excluding hydrogens is 309 g/mol. The molecule has 1 atom stereocenters. The number of anilines is 1. The van der Waals surface area contributed by atoms with E-state index in [2.05, 4.69) is 5.32 Å². The first kappa shape index (κ1) is 16.0. The zero-order chi connectivity index (χ0) is 17.1. The fourth-order valence-electron chi connectivity index (χ4n) is 2.89. The molecule has 0 aromatic heterocycles. The van der Waals surface area contributed by atoms with Crippen molar-refractivity contribution in [1.82, 2.24) is 4.90 Å². The summed E-state index contributed by atoms with van der Waals surface area (Å²) in [6.07, 6.45) is 1.25. The zero-order valence-electron chi connectivity index (χ0n) is 13.3. The summed E-state index contributed by atoms with van der Waals surface area (Å²) in [6, 6.07) is 13.2. The molecule has 2 aromatic carbocycles. The molecule has 0 spiro atoms. The lowest BCUT2D eigenvalue weighted by molar-refractivity contribution is 0.225. The van der Waals surface area contributed by atoms with Crippen LogP contribution in [0.3, 0.4) is 0 Å². The van der Waals surface area contributed by atoms with E-state index in [1.54, 1.807) is 0 Å². The van der Waals surface area contributed by atoms with Crippen LogP contribution in [0.15, 0.2) is 48.5 Å². The number of carbonyl (C=O) groups is 1. The summed E-state index contributed by atoms with van der Waals surface area (Å²) < 4.78 is 18.4. The summed E-state index contributed by atoms with van der Waals surface area (Å²) >= 11 is 0. The Hall–Kier alpha value is -2.89. The van der Waals surface area contributed by atoms with Crippen LogP contribution in [-0.4, -0.2) is 23.9 Å². The normalized spacial score (nSPS) is 17.0. The highest BCUT2D eigenvalue weighted by molar-refractivity contribution is 6.03. The van der Waals surface area contributed by atoms with Crippen molar-refractivity contribution in [2.24, 2.45) is 0 Å². The molecule has 124 valence electrons. The Kier molecular flexibility index (Phi) is 4.46. The molecule has 1 unspecified atom stereocenters. The summed E-state index contributed by atoms with van der Waals surface area (Å²) in [6.45, 7) is 0. The minimum absolute atomic E-state index is 0.0592. The van der Waals surface area contributed by atoms with Gasteiger partial charge < -0.3 is 10.1 Å². The monoisotopic (exact) mass is 327 g/mol. The van der Waals surface area contributed by atoms with E-state index in [0.717, 1.165) is 5.56 Å². The quantitative estimate of drug-likeness (QED) is 0.888. The van der Waals surface area contributed by atoms with E-state index < -0.39 is 11.8 Å². The number of benzene rings is 2. The van der Waals surface area contributed by atoms with Crippen LogP contribution in [0.2, 0.25) is 0 Å². The summed E-state index contributed by atoms with van der Waals surface area (Å²) in [5, 5.41) is 10.8. The van der Waals surface area contributed by atoms with E-state index in [1.807, 2.05) is 30.3 Å². The molecule has 0 aliphatic carbocycles. The Morgan fingerprint density at radius 3 is 2.75 bits per heavy atom. The van der Waals surface area contributed by atoms with E-state index >= 15 is 0 Å². The number of hydrogen-bond acceptors (Lipinski definition) is 3. The third-order valence-electron chi connectivity index (χ3n) is 4.06. The van der Waals surface area contributed by atoms with Gasteiger partial charge in [-0.3, -0.25) is 10.3 Å². The lowest BCUT2D eigenvalue weighted by atomic mass is 10.1. The molecule has 0 saturated carbocycles. The van der Waals surface area contributed by atoms with Gasteiger partial charge in [0, 0.05) is 18.2 Å². The van der Waals surface area contributed by atoms with Crippen LogP contribution >= 0.6 is 0 Å². The second kappa shape index (κ2) is 6.70. The zero-order valence-corrected chi connectivity index (χ0v) is 13.3. The average Bonchev–Trinajstić information content (AvgIpc) is 2.99. The molecule has 1 heterocycles. The number of nitrogens with zero attached hydrogens (tertiary/aromatic N) is 1. The number of nitrogens with one attached hydrogen (secondary N) is 2. The number of rotatable bonds is 3. The number of likely N-dealkylation sites (tertiary alicyclic amines) is 1. The maximum atomic E-state index is 13.5. The van der Waals surface area contributed by atoms with E-state index in [-0.39, 0.29) is 17.6 Å². The summed E-state index contributed by atoms with van der Waals surface area (Å²) in [5.74, 6) is -0.161. The van der Waals surface area contributed by atoms with Gasteiger partial charge in [-0.25, -0.2) is 9.18 Å². The second-order valence-corrected chi connectivity index (χ2v) is 5.56. The molecule has 2 N–H and O–H groups in total. The number of amides is 2. The van der Waals surface area contributed by atoms with Crippen molar-refractivity contribution in [3.8, 4) is 5.75 Å². The Labute approximate surface area is 139 Å². The highest BCUT2D eigenvalue weighted by Crippen LogP contribution is 2.33. The van der Waals surface area contributed by atoms with Gasteiger partial charge >= 0.3 is 6.03 Å². The largest absolute Gasteiger partial charge is 0.494 e. The van der Waals surface area contributed by atoms with Gasteiger partial charge in [0.15, 0.2) is 11.6 Å². The SMILES string of the molecule is COc1cc(NC(=O)N2C(=N)CCC2c2ccccc2)ccc1F. The topological polar surface area (TPSA) is 65.4 Å². The van der Waals surface area contributed by atoms with Crippen LogP contribution in [0.4, 0.5) is 14.9 Å². The molecule has 1 saturated heterocycles. The van der Waals surface area contributed by atoms with Crippen LogP contribution in [0.5, 0.6) is 5.75 Å². The molecule has 24 heavy (non-hydrogen) atoms. The lowest BCUT2D eigenvalue weighted by Crippen LogP contribution is -2.37. The fourth-order valence-corrected chi connectivity index (χ4v) is 2.89. The minimum atomic E-state index is -0.494. The summed E-state index contributed by atoms with van der Waals surface area (Å²) in [4.78, 5) is 14.1. The first-order valence-corrected chi connectivity index (χ1v) is 7.66. The molecule has 3 rings (SSSR count). The minimum Gasteiger partial charge on any atom is -0.494 e. The number of hydrogen-bond donors (Lipinski definition) is 2. The van der Waals surface area contributed by atoms with Gasteiger partial charge in [0.25, 0.3) is 0 Å². The van der Waals surface area contributed by atoms with E-state index in [4.69, 9.17) is 10.1 Å². The molecule has 5 nitrogen and oxygen atoms in total. The Balaban J connectivity index is 1.81. The lowest BCUT2D eigenvalue weighted by Gasteiger charge is -2.25. The van der Waals surface area contributed by atoms with Crippen molar-refractivity contribution in [3.63, 3.8) is 0 Å². The van der Waals surface area contributed by atoms with Crippen LogP contribution in [-0.2, 0) is 0 Å². The first-order chi connectivity index (χ1) is 11.6. The Morgan fingerprint density at radius 1 is 1.29 bits per heavy atom. The van der Waals surface area contributed by atoms with Gasteiger partial charge in [0.05, 0.1) is 13.2 Å². The van der Waals surface area contributed by atoms with E-state index in [9.17, 15) is 9.18 Å². The number of carbonyl (C=O) groups excluding carboxylic acids is 1. The van der Waals surface area contributed by atoms with Crippen molar-refractivity contribution in [2.45, 2.75) is 18.9 Å². The highest BCUT2D eigenvalue weighted by Gasteiger charge is 2.34. The molecule has 1 aliphatic heterocycles. The molecular formula is C18H18FN3O2. The predicted octanol–water partition coefficient (Wildman–Crippen LogP) is 4.18. The number of methoxy groups -OCH3 is 1. The van der Waals surface area contributed by atoms with Gasteiger partial charge in [-0.1, -0.05) is 30.3 Å². The van der Waals surface area contributed by atoms with Crippen molar-refractivity contribution in [3.05, 3.63) is 59.9 Å². The summed E-state index contributed by atoms with van der Waals surface area (Å²) in [5.41, 5.74) is 1.41. The van der Waals surface area contributed by atoms with Crippen LogP contribution < -0.4 is 10.1 Å². The first-order valence-electron chi connectivity index (χ1n) is 7.66. The molecule has 1 aliphatic rings. The van der Waals surface area contributed by atoms with E-state index in [1.165, 1.54) is 30.2 Å². The Bertz CT molecular complexity index is 764. The van der Waals surface area contributed by atoms with Gasteiger partial charge in [-0.15, -0.1) is 0 Å². The van der Waals surface area contributed by atoms with Crippen molar-refractivity contribution in [1.29, 1.82) is 5.41 Å². The van der Waals surface area contributed by atoms with Gasteiger partial charge in [-0.2, -0.15) is 0 Å². The standard InChI is InChI=1S/C18H18FN3O2/c1-24-16-11-13(7-8-14(16)19)21-18(23)22-15(9-10-17(22)20)12-5-3-2-4-6-12/h2-8,11,15,20H,9-10H2,1H3,(H,21,23).